The van der Waals surface area contributed by atoms with Crippen molar-refractivity contribution >= 4 is 11.6 Å². The first kappa shape index (κ1) is 13.1. The molecule has 0 aliphatic rings. The van der Waals surface area contributed by atoms with Crippen LogP contribution in [0.2, 0.25) is 5.02 Å². The van der Waals surface area contributed by atoms with Gasteiger partial charge in [0.1, 0.15) is 0 Å². The number of terminal acetylenes is 1. The molecule has 3 nitrogen and oxygen atoms in total. The molecule has 0 aliphatic carbocycles. The number of nitrogens with zero attached hydrogens (tertiary/aromatic N) is 2. The Labute approximate surface area is 102 Å². The molecule has 0 radical (unpaired) electrons. The lowest BCUT2D eigenvalue weighted by molar-refractivity contribution is 0.470. The summed E-state index contributed by atoms with van der Waals surface area (Å²) in [5.74, 6) is 2.69. The third-order valence-electron chi connectivity index (χ3n) is 2.51. The van der Waals surface area contributed by atoms with Gasteiger partial charge >= 0.3 is 0 Å². The molecule has 0 aliphatic heterocycles. The highest BCUT2D eigenvalue weighted by Crippen LogP contribution is 2.20. The van der Waals surface area contributed by atoms with Crippen LogP contribution in [0.1, 0.15) is 32.2 Å². The van der Waals surface area contributed by atoms with Crippen LogP contribution in [0.15, 0.2) is 0 Å². The molecule has 0 fully saturated rings. The quantitative estimate of drug-likeness (QED) is 0.818. The van der Waals surface area contributed by atoms with Crippen LogP contribution in [0.5, 0.6) is 0 Å². The Balaban J connectivity index is 2.86. The van der Waals surface area contributed by atoms with Crippen molar-refractivity contribution in [3.05, 3.63) is 16.4 Å². The summed E-state index contributed by atoms with van der Waals surface area (Å²) in [5.41, 5.74) is 1.52. The van der Waals surface area contributed by atoms with Crippen molar-refractivity contribution in [2.24, 2.45) is 0 Å². The first-order valence-electron chi connectivity index (χ1n) is 5.36. The fourth-order valence-corrected chi connectivity index (χ4v) is 1.60. The van der Waals surface area contributed by atoms with Crippen LogP contribution in [-0.4, -0.2) is 15.3 Å². The van der Waals surface area contributed by atoms with Gasteiger partial charge in [-0.25, -0.2) is 0 Å². The standard InChI is InChI=1S/C12H18ClN3/c1-6-12(4,5)14-8-10-11(13)9(3)15-16(10)7-2/h1,14H,7-8H2,2-5H3. The van der Waals surface area contributed by atoms with E-state index in [0.717, 1.165) is 23.0 Å². The Bertz CT molecular complexity index is 413. The maximum Gasteiger partial charge on any atom is 0.0860 e. The molecule has 88 valence electrons. The molecule has 1 rings (SSSR count). The van der Waals surface area contributed by atoms with E-state index >= 15 is 0 Å². The molecule has 16 heavy (non-hydrogen) atoms. The zero-order valence-electron chi connectivity index (χ0n) is 10.3. The fourth-order valence-electron chi connectivity index (χ4n) is 1.39. The van der Waals surface area contributed by atoms with Crippen LogP contribution < -0.4 is 5.32 Å². The third-order valence-corrected chi connectivity index (χ3v) is 3.00. The number of halogens is 1. The van der Waals surface area contributed by atoms with Gasteiger partial charge in [-0.2, -0.15) is 5.10 Å². The van der Waals surface area contributed by atoms with E-state index in [0.29, 0.717) is 6.54 Å². The largest absolute Gasteiger partial charge is 0.296 e. The maximum atomic E-state index is 6.19. The van der Waals surface area contributed by atoms with Crippen LogP contribution in [-0.2, 0) is 13.1 Å². The SMILES string of the molecule is C#CC(C)(C)NCc1c(Cl)c(C)nn1CC. The number of rotatable bonds is 4. The van der Waals surface area contributed by atoms with E-state index in [2.05, 4.69) is 16.3 Å². The Morgan fingerprint density at radius 3 is 2.69 bits per heavy atom. The van der Waals surface area contributed by atoms with Crippen LogP contribution in [0.4, 0.5) is 0 Å². The summed E-state index contributed by atoms with van der Waals surface area (Å²) in [5, 5.41) is 8.34. The molecule has 1 N–H and O–H groups in total. The molecule has 4 heteroatoms. The average molecular weight is 240 g/mol. The van der Waals surface area contributed by atoms with Crippen LogP contribution in [0.25, 0.3) is 0 Å². The number of nitrogens with one attached hydrogen (secondary N) is 1. The number of aryl methyl sites for hydroxylation is 2. The topological polar surface area (TPSA) is 29.9 Å². The van der Waals surface area contributed by atoms with Crippen molar-refractivity contribution in [2.75, 3.05) is 0 Å². The van der Waals surface area contributed by atoms with E-state index in [1.807, 2.05) is 32.4 Å². The molecule has 0 saturated carbocycles. The normalized spacial score (nSPS) is 11.5. The molecular formula is C12H18ClN3. The molecule has 0 bridgehead atoms. The van der Waals surface area contributed by atoms with Crippen LogP contribution >= 0.6 is 11.6 Å². The molecule has 0 aromatic carbocycles. The van der Waals surface area contributed by atoms with Crippen molar-refractivity contribution < 1.29 is 0 Å². The average Bonchev–Trinajstić information content (AvgIpc) is 2.52. The van der Waals surface area contributed by atoms with Gasteiger partial charge in [0.15, 0.2) is 0 Å². The van der Waals surface area contributed by atoms with E-state index in [4.69, 9.17) is 18.0 Å². The molecule has 1 heterocycles. The second-order valence-electron chi connectivity index (χ2n) is 4.28. The minimum atomic E-state index is -0.333. The monoisotopic (exact) mass is 239 g/mol. The van der Waals surface area contributed by atoms with Crippen molar-refractivity contribution in [1.29, 1.82) is 0 Å². The zero-order valence-corrected chi connectivity index (χ0v) is 11.0. The smallest absolute Gasteiger partial charge is 0.0860 e. The van der Waals surface area contributed by atoms with E-state index in [1.165, 1.54) is 0 Å². The lowest BCUT2D eigenvalue weighted by Gasteiger charge is -2.19. The molecule has 0 unspecified atom stereocenters. The minimum Gasteiger partial charge on any atom is -0.296 e. The van der Waals surface area contributed by atoms with Gasteiger partial charge in [-0.1, -0.05) is 17.5 Å². The first-order valence-corrected chi connectivity index (χ1v) is 5.73. The van der Waals surface area contributed by atoms with Gasteiger partial charge in [-0.05, 0) is 27.7 Å². The van der Waals surface area contributed by atoms with Gasteiger partial charge in [-0.15, -0.1) is 6.42 Å². The van der Waals surface area contributed by atoms with Crippen molar-refractivity contribution in [3.63, 3.8) is 0 Å². The summed E-state index contributed by atoms with van der Waals surface area (Å²) in [6.45, 7) is 9.30. The second-order valence-corrected chi connectivity index (χ2v) is 4.66. The predicted octanol–water partition coefficient (Wildman–Crippen LogP) is 2.37. The Kier molecular flexibility index (Phi) is 4.01. The number of aromatic nitrogens is 2. The highest BCUT2D eigenvalue weighted by Gasteiger charge is 2.17. The third kappa shape index (κ3) is 2.78. The lowest BCUT2D eigenvalue weighted by atomic mass is 10.1. The zero-order chi connectivity index (χ0) is 12.3. The van der Waals surface area contributed by atoms with Gasteiger partial charge in [0, 0.05) is 13.1 Å². The molecule has 0 saturated heterocycles. The summed E-state index contributed by atoms with van der Waals surface area (Å²) >= 11 is 6.19. The van der Waals surface area contributed by atoms with Crippen LogP contribution in [0, 0.1) is 19.3 Å². The summed E-state index contributed by atoms with van der Waals surface area (Å²) in [6, 6.07) is 0. The second kappa shape index (κ2) is 4.90. The van der Waals surface area contributed by atoms with Gasteiger partial charge in [0.2, 0.25) is 0 Å². The molecule has 0 spiro atoms. The summed E-state index contributed by atoms with van der Waals surface area (Å²) < 4.78 is 1.90. The van der Waals surface area contributed by atoms with E-state index in [1.54, 1.807) is 0 Å². The van der Waals surface area contributed by atoms with Crippen molar-refractivity contribution in [3.8, 4) is 12.3 Å². The van der Waals surface area contributed by atoms with E-state index in [-0.39, 0.29) is 5.54 Å². The van der Waals surface area contributed by atoms with Crippen molar-refractivity contribution in [2.45, 2.75) is 46.3 Å². The highest BCUT2D eigenvalue weighted by atomic mass is 35.5. The first-order chi connectivity index (χ1) is 7.41. The summed E-state index contributed by atoms with van der Waals surface area (Å²) in [4.78, 5) is 0. The molecule has 1 aromatic rings. The van der Waals surface area contributed by atoms with Gasteiger partial charge in [0.05, 0.1) is 21.9 Å². The fraction of sp³-hybridized carbons (Fsp3) is 0.583. The van der Waals surface area contributed by atoms with E-state index in [9.17, 15) is 0 Å². The molecule has 0 amide bonds. The Hall–Kier alpha value is -0.980. The Morgan fingerprint density at radius 1 is 1.56 bits per heavy atom. The maximum absolute atomic E-state index is 6.19. The minimum absolute atomic E-state index is 0.333. The van der Waals surface area contributed by atoms with Crippen molar-refractivity contribution in [1.82, 2.24) is 15.1 Å². The predicted molar refractivity (Wildman–Crippen MR) is 67.4 cm³/mol. The van der Waals surface area contributed by atoms with Gasteiger partial charge in [-0.3, -0.25) is 10.00 Å². The number of hydrogen-bond donors (Lipinski definition) is 1. The highest BCUT2D eigenvalue weighted by molar-refractivity contribution is 6.31. The Morgan fingerprint density at radius 2 is 2.19 bits per heavy atom. The molecular weight excluding hydrogens is 222 g/mol. The lowest BCUT2D eigenvalue weighted by Crippen LogP contribution is -2.37. The summed E-state index contributed by atoms with van der Waals surface area (Å²) in [6.07, 6.45) is 5.42. The molecule has 1 aromatic heterocycles. The van der Waals surface area contributed by atoms with Crippen LogP contribution in [0.3, 0.4) is 0 Å². The number of hydrogen-bond acceptors (Lipinski definition) is 2. The molecule has 0 atom stereocenters. The van der Waals surface area contributed by atoms with Gasteiger partial charge in [0.25, 0.3) is 0 Å². The summed E-state index contributed by atoms with van der Waals surface area (Å²) in [7, 11) is 0. The van der Waals surface area contributed by atoms with Gasteiger partial charge < -0.3 is 0 Å². The van der Waals surface area contributed by atoms with E-state index < -0.39 is 0 Å².